The van der Waals surface area contributed by atoms with Gasteiger partial charge >= 0.3 is 5.69 Å². The van der Waals surface area contributed by atoms with Crippen molar-refractivity contribution < 1.29 is 4.92 Å². The zero-order valence-corrected chi connectivity index (χ0v) is 13.9. The smallest absolute Gasteiger partial charge is 0.311 e. The molecule has 0 radical (unpaired) electrons. The summed E-state index contributed by atoms with van der Waals surface area (Å²) < 4.78 is 0. The van der Waals surface area contributed by atoms with Gasteiger partial charge in [-0.25, -0.2) is 9.97 Å². The molecule has 7 nitrogen and oxygen atoms in total. The first kappa shape index (κ1) is 17.1. The molecular weight excluding hydrogens is 330 g/mol. The highest BCUT2D eigenvalue weighted by atomic mass is 16.6. The van der Waals surface area contributed by atoms with Crippen molar-refractivity contribution >= 4 is 11.5 Å². The lowest BCUT2D eigenvalue weighted by molar-refractivity contribution is -0.384. The van der Waals surface area contributed by atoms with Gasteiger partial charge in [-0.3, -0.25) is 10.1 Å². The lowest BCUT2D eigenvalue weighted by Crippen LogP contribution is -2.31. The van der Waals surface area contributed by atoms with E-state index >= 15 is 0 Å². The van der Waals surface area contributed by atoms with Gasteiger partial charge in [-0.15, -0.1) is 0 Å². The summed E-state index contributed by atoms with van der Waals surface area (Å²) in [5.74, 6) is 6.43. The van der Waals surface area contributed by atoms with Crippen LogP contribution < -0.4 is 4.90 Å². The first-order chi connectivity index (χ1) is 12.7. The van der Waals surface area contributed by atoms with Gasteiger partial charge in [0.15, 0.2) is 0 Å². The zero-order chi connectivity index (χ0) is 18.4. The summed E-state index contributed by atoms with van der Waals surface area (Å²) >= 11 is 0. The van der Waals surface area contributed by atoms with Crippen LogP contribution in [-0.4, -0.2) is 28.0 Å². The van der Waals surface area contributed by atoms with E-state index in [9.17, 15) is 10.1 Å². The minimum atomic E-state index is -0.398. The van der Waals surface area contributed by atoms with Gasteiger partial charge in [-0.2, -0.15) is 5.26 Å². The highest BCUT2D eigenvalue weighted by molar-refractivity contribution is 5.58. The van der Waals surface area contributed by atoms with E-state index in [2.05, 4.69) is 21.8 Å². The second kappa shape index (κ2) is 7.91. The van der Waals surface area contributed by atoms with Gasteiger partial charge < -0.3 is 4.90 Å². The number of piperidine rings is 1. The molecule has 1 aliphatic heterocycles. The highest BCUT2D eigenvalue weighted by Crippen LogP contribution is 2.28. The fraction of sp³-hybridized carbons (Fsp3) is 0.211. The maximum Gasteiger partial charge on any atom is 0.311 e. The Labute approximate surface area is 150 Å². The Balaban J connectivity index is 1.64. The topological polar surface area (TPSA) is 96.0 Å². The van der Waals surface area contributed by atoms with Crippen molar-refractivity contribution in [3.05, 3.63) is 69.7 Å². The number of allylic oxidation sites excluding steroid dienone is 1. The molecule has 0 aromatic carbocycles. The second-order valence-corrected chi connectivity index (χ2v) is 5.71. The first-order valence-electron chi connectivity index (χ1n) is 8.07. The van der Waals surface area contributed by atoms with Crippen molar-refractivity contribution in [3.8, 4) is 17.9 Å². The van der Waals surface area contributed by atoms with Crippen molar-refractivity contribution in [2.45, 2.75) is 12.8 Å². The van der Waals surface area contributed by atoms with Crippen LogP contribution in [0.25, 0.3) is 0 Å². The number of nitrogens with zero attached hydrogens (tertiary/aromatic N) is 5. The number of pyridine rings is 2. The van der Waals surface area contributed by atoms with E-state index < -0.39 is 4.92 Å². The van der Waals surface area contributed by atoms with E-state index in [4.69, 9.17) is 5.26 Å². The number of rotatable bonds is 2. The molecule has 0 spiro atoms. The van der Waals surface area contributed by atoms with E-state index in [0.717, 1.165) is 18.4 Å². The van der Waals surface area contributed by atoms with Crippen LogP contribution in [0.15, 0.2) is 48.3 Å². The summed E-state index contributed by atoms with van der Waals surface area (Å²) in [6, 6.07) is 8.42. The molecule has 2 aromatic rings. The predicted octanol–water partition coefficient (Wildman–Crippen LogP) is 2.83. The van der Waals surface area contributed by atoms with E-state index in [-0.39, 0.29) is 5.69 Å². The number of aromatic nitrogens is 2. The number of anilines is 1. The van der Waals surface area contributed by atoms with Crippen LogP contribution in [0, 0.1) is 33.3 Å². The van der Waals surface area contributed by atoms with Gasteiger partial charge in [-0.1, -0.05) is 17.4 Å². The lowest BCUT2D eigenvalue weighted by atomic mass is 10.0. The van der Waals surface area contributed by atoms with E-state index in [0.29, 0.717) is 24.6 Å². The minimum Gasteiger partial charge on any atom is -0.350 e. The van der Waals surface area contributed by atoms with Crippen molar-refractivity contribution in [2.75, 3.05) is 18.0 Å². The molecule has 3 rings (SSSR count). The monoisotopic (exact) mass is 345 g/mol. The summed E-state index contributed by atoms with van der Waals surface area (Å²) in [7, 11) is 0. The largest absolute Gasteiger partial charge is 0.350 e. The van der Waals surface area contributed by atoms with Gasteiger partial charge in [-0.05, 0) is 37.1 Å². The Morgan fingerprint density at radius 2 is 2.04 bits per heavy atom. The summed E-state index contributed by atoms with van der Waals surface area (Å²) in [4.78, 5) is 20.8. The SMILES string of the molecule is N#Cc1ccc(C#CC=C2CCN(c3ncccc3[N+](=O)[O-])CC2)cn1. The molecule has 3 heterocycles. The maximum absolute atomic E-state index is 11.1. The Hall–Kier alpha value is -3.71. The number of nitriles is 1. The van der Waals surface area contributed by atoms with Crippen LogP contribution >= 0.6 is 0 Å². The molecule has 1 aliphatic rings. The standard InChI is InChI=1S/C19H15N5O2/c20-13-17-7-6-16(14-22-17)4-1-3-15-8-11-23(12-9-15)19-18(24(25)26)5-2-10-21-19/h2-3,5-7,10,14H,8-9,11-12H2. The normalized spacial score (nSPS) is 13.3. The molecule has 0 amide bonds. The molecule has 1 fully saturated rings. The summed E-state index contributed by atoms with van der Waals surface area (Å²) in [5, 5.41) is 19.9. The third-order valence-corrected chi connectivity index (χ3v) is 4.04. The summed E-state index contributed by atoms with van der Waals surface area (Å²) in [6.07, 6.45) is 6.61. The van der Waals surface area contributed by atoms with Crippen molar-refractivity contribution in [1.29, 1.82) is 5.26 Å². The van der Waals surface area contributed by atoms with Crippen LogP contribution in [0.5, 0.6) is 0 Å². The second-order valence-electron chi connectivity index (χ2n) is 5.71. The van der Waals surface area contributed by atoms with Gasteiger partial charge in [0.25, 0.3) is 0 Å². The van der Waals surface area contributed by atoms with Crippen molar-refractivity contribution in [1.82, 2.24) is 9.97 Å². The summed E-state index contributed by atoms with van der Waals surface area (Å²) in [6.45, 7) is 1.34. The Morgan fingerprint density at radius 3 is 2.69 bits per heavy atom. The van der Waals surface area contributed by atoms with Gasteiger partial charge in [0.1, 0.15) is 11.8 Å². The van der Waals surface area contributed by atoms with Gasteiger partial charge in [0.05, 0.1) is 4.92 Å². The Morgan fingerprint density at radius 1 is 1.23 bits per heavy atom. The van der Waals surface area contributed by atoms with Crippen LogP contribution in [0.1, 0.15) is 24.1 Å². The van der Waals surface area contributed by atoms with Gasteiger partial charge in [0.2, 0.25) is 5.82 Å². The number of nitro groups is 1. The first-order valence-corrected chi connectivity index (χ1v) is 8.07. The average molecular weight is 345 g/mol. The van der Waals surface area contributed by atoms with Crippen molar-refractivity contribution in [2.24, 2.45) is 0 Å². The van der Waals surface area contributed by atoms with Gasteiger partial charge in [0, 0.05) is 37.1 Å². The lowest BCUT2D eigenvalue weighted by Gasteiger charge is -2.28. The highest BCUT2D eigenvalue weighted by Gasteiger charge is 2.23. The maximum atomic E-state index is 11.1. The van der Waals surface area contributed by atoms with E-state index in [1.54, 1.807) is 30.6 Å². The van der Waals surface area contributed by atoms with Crippen LogP contribution in [-0.2, 0) is 0 Å². The average Bonchev–Trinajstić information content (AvgIpc) is 2.69. The predicted molar refractivity (Wildman–Crippen MR) is 96.3 cm³/mol. The van der Waals surface area contributed by atoms with E-state index in [1.165, 1.54) is 11.6 Å². The fourth-order valence-corrected chi connectivity index (χ4v) is 2.68. The Kier molecular flexibility index (Phi) is 5.21. The summed E-state index contributed by atoms with van der Waals surface area (Å²) in [5.41, 5.74) is 2.36. The molecule has 0 unspecified atom stereocenters. The fourth-order valence-electron chi connectivity index (χ4n) is 2.68. The molecule has 0 bridgehead atoms. The molecule has 26 heavy (non-hydrogen) atoms. The number of hydrogen-bond donors (Lipinski definition) is 0. The zero-order valence-electron chi connectivity index (χ0n) is 13.9. The molecule has 2 aromatic heterocycles. The molecule has 7 heteroatoms. The van der Waals surface area contributed by atoms with Crippen LogP contribution in [0.2, 0.25) is 0 Å². The minimum absolute atomic E-state index is 0.0352. The molecule has 0 saturated carbocycles. The molecule has 0 N–H and O–H groups in total. The number of hydrogen-bond acceptors (Lipinski definition) is 6. The quantitative estimate of drug-likeness (QED) is 0.472. The molecule has 0 aliphatic carbocycles. The third kappa shape index (κ3) is 4.03. The molecule has 0 atom stereocenters. The van der Waals surface area contributed by atoms with E-state index in [1.807, 2.05) is 17.0 Å². The van der Waals surface area contributed by atoms with Crippen molar-refractivity contribution in [3.63, 3.8) is 0 Å². The Bertz CT molecular complexity index is 938. The molecule has 1 saturated heterocycles. The van der Waals surface area contributed by atoms with Crippen LogP contribution in [0.4, 0.5) is 11.5 Å². The molecule has 128 valence electrons. The molecular formula is C19H15N5O2. The van der Waals surface area contributed by atoms with Crippen LogP contribution in [0.3, 0.4) is 0 Å². The third-order valence-electron chi connectivity index (χ3n) is 4.04.